The first-order chi connectivity index (χ1) is 17.1. The molecule has 3 aromatic rings. The summed E-state index contributed by atoms with van der Waals surface area (Å²) >= 11 is 12.7. The van der Waals surface area contributed by atoms with Gasteiger partial charge in [-0.15, -0.1) is 0 Å². The zero-order chi connectivity index (χ0) is 26.7. The van der Waals surface area contributed by atoms with E-state index >= 15 is 0 Å². The van der Waals surface area contributed by atoms with Gasteiger partial charge in [0, 0.05) is 31.9 Å². The van der Waals surface area contributed by atoms with E-state index in [0.717, 1.165) is 11.3 Å². The van der Waals surface area contributed by atoms with Crippen molar-refractivity contribution in [3.05, 3.63) is 62.9 Å². The van der Waals surface area contributed by atoms with Crippen LogP contribution in [0.1, 0.15) is 51.8 Å². The summed E-state index contributed by atoms with van der Waals surface area (Å²) in [6.45, 7) is 17.0. The van der Waals surface area contributed by atoms with Gasteiger partial charge < -0.3 is 9.80 Å². The molecular formula is C26H32Cl2N6O2. The molecule has 0 spiro atoms. The van der Waals surface area contributed by atoms with Crippen molar-refractivity contribution in [1.82, 2.24) is 24.4 Å². The van der Waals surface area contributed by atoms with Crippen molar-refractivity contribution in [2.45, 2.75) is 53.5 Å². The lowest BCUT2D eigenvalue weighted by atomic mass is 10.0. The summed E-state index contributed by atoms with van der Waals surface area (Å²) in [5, 5.41) is 0.965. The van der Waals surface area contributed by atoms with Gasteiger partial charge in [0.15, 0.2) is 5.65 Å². The number of nitrogens with zero attached hydrogens (tertiary/aromatic N) is 6. The maximum Gasteiger partial charge on any atom is 0.355 e. The Labute approximate surface area is 221 Å². The predicted octanol–water partition coefficient (Wildman–Crippen LogP) is 5.16. The van der Waals surface area contributed by atoms with Crippen LogP contribution in [0.4, 0.5) is 5.82 Å². The van der Waals surface area contributed by atoms with Gasteiger partial charge >= 0.3 is 5.69 Å². The van der Waals surface area contributed by atoms with Crippen molar-refractivity contribution in [2.75, 3.05) is 24.5 Å². The van der Waals surface area contributed by atoms with Gasteiger partial charge in [-0.2, -0.15) is 4.98 Å². The first-order valence-electron chi connectivity index (χ1n) is 12.1. The summed E-state index contributed by atoms with van der Waals surface area (Å²) in [5.74, 6) is 0.410. The number of rotatable bonds is 4. The number of aryl methyl sites for hydroxylation is 1. The molecule has 0 bridgehead atoms. The van der Waals surface area contributed by atoms with E-state index in [4.69, 9.17) is 23.2 Å². The molecule has 0 aliphatic carbocycles. The minimum atomic E-state index is -0.483. The molecule has 0 unspecified atom stereocenters. The average Bonchev–Trinajstić information content (AvgIpc) is 2.85. The minimum Gasteiger partial charge on any atom is -0.352 e. The first kappa shape index (κ1) is 27.6. The number of hydrogen-bond acceptors (Lipinski definition) is 6. The lowest BCUT2D eigenvalue weighted by molar-refractivity contribution is -0.128. The standard InChI is InChI=1S/C24H26Cl2N6O2.C2H6/c1-6-18(33)31-10-9-30(12-15(31)5)22-16-11-17(25)21(26)28-23(16)32(24(34)29-22)20-14(4)7-8-27-19(20)13(2)3;1-2/h6-8,11,13,15H,1,9-10,12H2,2-5H3;1-2H3/t15-;/m0./s1. The van der Waals surface area contributed by atoms with E-state index < -0.39 is 5.69 Å². The van der Waals surface area contributed by atoms with Gasteiger partial charge in [0.05, 0.1) is 21.8 Å². The monoisotopic (exact) mass is 530 g/mol. The number of anilines is 1. The quantitative estimate of drug-likeness (QED) is 0.342. The average molecular weight is 531 g/mol. The first-order valence-corrected chi connectivity index (χ1v) is 12.8. The van der Waals surface area contributed by atoms with Crippen LogP contribution in [0.5, 0.6) is 0 Å². The molecule has 1 aliphatic rings. The van der Waals surface area contributed by atoms with Gasteiger partial charge in [-0.05, 0) is 43.5 Å². The molecule has 4 heterocycles. The molecule has 0 aromatic carbocycles. The van der Waals surface area contributed by atoms with Gasteiger partial charge in [0.25, 0.3) is 0 Å². The van der Waals surface area contributed by atoms with E-state index in [1.807, 2.05) is 52.5 Å². The van der Waals surface area contributed by atoms with Crippen LogP contribution in [0, 0.1) is 6.92 Å². The van der Waals surface area contributed by atoms with Crippen LogP contribution in [-0.2, 0) is 4.79 Å². The minimum absolute atomic E-state index is 0.0654. The third kappa shape index (κ3) is 5.11. The summed E-state index contributed by atoms with van der Waals surface area (Å²) in [4.78, 5) is 42.9. The van der Waals surface area contributed by atoms with Gasteiger partial charge in [-0.25, -0.2) is 14.3 Å². The van der Waals surface area contributed by atoms with Crippen LogP contribution in [-0.4, -0.2) is 56.0 Å². The fourth-order valence-electron chi connectivity index (χ4n) is 4.41. The lowest BCUT2D eigenvalue weighted by Crippen LogP contribution is -2.54. The smallest absolute Gasteiger partial charge is 0.352 e. The van der Waals surface area contributed by atoms with E-state index in [9.17, 15) is 9.59 Å². The van der Waals surface area contributed by atoms with Gasteiger partial charge in [-0.3, -0.25) is 9.78 Å². The zero-order valence-electron chi connectivity index (χ0n) is 21.5. The predicted molar refractivity (Wildman–Crippen MR) is 147 cm³/mol. The maximum absolute atomic E-state index is 13.5. The van der Waals surface area contributed by atoms with E-state index in [1.54, 1.807) is 17.2 Å². The molecule has 192 valence electrons. The highest BCUT2D eigenvalue weighted by Gasteiger charge is 2.29. The number of carbonyl (C=O) groups is 1. The molecule has 8 nitrogen and oxygen atoms in total. The van der Waals surface area contributed by atoms with Gasteiger partial charge in [-0.1, -0.05) is 57.5 Å². The fraction of sp³-hybridized carbons (Fsp3) is 0.423. The molecule has 1 atom stereocenters. The zero-order valence-corrected chi connectivity index (χ0v) is 23.1. The molecule has 10 heteroatoms. The molecule has 4 rings (SSSR count). The Hall–Kier alpha value is -2.97. The third-order valence-corrected chi connectivity index (χ3v) is 6.74. The lowest BCUT2D eigenvalue weighted by Gasteiger charge is -2.40. The second-order valence-electron chi connectivity index (χ2n) is 8.73. The summed E-state index contributed by atoms with van der Waals surface area (Å²) in [5.41, 5.74) is 2.15. The van der Waals surface area contributed by atoms with Gasteiger partial charge in [0.1, 0.15) is 11.0 Å². The van der Waals surface area contributed by atoms with Crippen molar-refractivity contribution in [3.8, 4) is 5.69 Å². The Kier molecular flexibility index (Phi) is 8.74. The molecule has 0 radical (unpaired) electrons. The Balaban J connectivity index is 0.00000176. The molecule has 0 N–H and O–H groups in total. The van der Waals surface area contributed by atoms with Crippen molar-refractivity contribution in [2.24, 2.45) is 0 Å². The second kappa shape index (κ2) is 11.4. The molecule has 0 saturated carbocycles. The largest absolute Gasteiger partial charge is 0.355 e. The van der Waals surface area contributed by atoms with Crippen LogP contribution in [0.3, 0.4) is 0 Å². The Morgan fingerprint density at radius 2 is 1.92 bits per heavy atom. The highest BCUT2D eigenvalue weighted by Crippen LogP contribution is 2.33. The van der Waals surface area contributed by atoms with E-state index in [1.165, 1.54) is 10.6 Å². The number of pyridine rings is 2. The van der Waals surface area contributed by atoms with Crippen LogP contribution in [0.25, 0.3) is 16.7 Å². The summed E-state index contributed by atoms with van der Waals surface area (Å²) in [6, 6.07) is 3.45. The van der Waals surface area contributed by atoms with Crippen LogP contribution < -0.4 is 10.6 Å². The molecule has 3 aromatic heterocycles. The number of halogens is 2. The summed E-state index contributed by atoms with van der Waals surface area (Å²) in [6.07, 6.45) is 3.04. The Morgan fingerprint density at radius 3 is 2.53 bits per heavy atom. The molecule has 1 saturated heterocycles. The SMILES string of the molecule is C=CC(=O)N1CCN(c2nc(=O)n(-c3c(C)ccnc3C(C)C)c3nc(Cl)c(Cl)cc23)C[C@@H]1C.CC. The molecule has 36 heavy (non-hydrogen) atoms. The Bertz CT molecular complexity index is 1350. The highest BCUT2D eigenvalue weighted by atomic mass is 35.5. The molecular weight excluding hydrogens is 499 g/mol. The normalized spacial score (nSPS) is 15.6. The fourth-order valence-corrected chi connectivity index (χ4v) is 4.69. The highest BCUT2D eigenvalue weighted by molar-refractivity contribution is 6.41. The topological polar surface area (TPSA) is 84.2 Å². The summed E-state index contributed by atoms with van der Waals surface area (Å²) in [7, 11) is 0. The molecule has 1 amide bonds. The number of carbonyl (C=O) groups excluding carboxylic acids is 1. The van der Waals surface area contributed by atoms with E-state index in [-0.39, 0.29) is 28.0 Å². The number of aromatic nitrogens is 4. The van der Waals surface area contributed by atoms with Crippen LogP contribution >= 0.6 is 23.2 Å². The number of fused-ring (bicyclic) bond motifs is 1. The van der Waals surface area contributed by atoms with E-state index in [0.29, 0.717) is 42.2 Å². The number of hydrogen-bond donors (Lipinski definition) is 0. The van der Waals surface area contributed by atoms with Crippen LogP contribution in [0.2, 0.25) is 10.2 Å². The van der Waals surface area contributed by atoms with E-state index in [2.05, 4.69) is 21.5 Å². The van der Waals surface area contributed by atoms with Crippen LogP contribution in [0.15, 0.2) is 35.8 Å². The van der Waals surface area contributed by atoms with Crippen molar-refractivity contribution in [1.29, 1.82) is 0 Å². The number of amides is 1. The van der Waals surface area contributed by atoms with Crippen molar-refractivity contribution < 1.29 is 4.79 Å². The van der Waals surface area contributed by atoms with Crippen molar-refractivity contribution >= 4 is 46.0 Å². The molecule has 1 aliphatic heterocycles. The number of piperazine rings is 1. The second-order valence-corrected chi connectivity index (χ2v) is 9.50. The van der Waals surface area contributed by atoms with Crippen molar-refractivity contribution in [3.63, 3.8) is 0 Å². The third-order valence-electron chi connectivity index (χ3n) is 6.07. The maximum atomic E-state index is 13.5. The molecule has 1 fully saturated rings. The Morgan fingerprint density at radius 1 is 1.22 bits per heavy atom. The summed E-state index contributed by atoms with van der Waals surface area (Å²) < 4.78 is 1.47. The van der Waals surface area contributed by atoms with Gasteiger partial charge in [0.2, 0.25) is 5.91 Å².